The van der Waals surface area contributed by atoms with Gasteiger partial charge in [-0.3, -0.25) is 9.59 Å². The van der Waals surface area contributed by atoms with Crippen molar-refractivity contribution in [1.29, 1.82) is 0 Å². The zero-order valence-corrected chi connectivity index (χ0v) is 14.3. The molecule has 0 unspecified atom stereocenters. The molecule has 5 heteroatoms. The van der Waals surface area contributed by atoms with Crippen LogP contribution in [0, 0.1) is 0 Å². The number of carbonyl (C=O) groups excluding carboxylic acids is 2. The van der Waals surface area contributed by atoms with Crippen LogP contribution in [0.2, 0.25) is 0 Å². The molecule has 25 heavy (non-hydrogen) atoms. The molecule has 5 nitrogen and oxygen atoms in total. The largest absolute Gasteiger partial charge is 0.481 e. The summed E-state index contributed by atoms with van der Waals surface area (Å²) >= 11 is 0. The van der Waals surface area contributed by atoms with Gasteiger partial charge in [-0.25, -0.2) is 0 Å². The Bertz CT molecular complexity index is 740. The van der Waals surface area contributed by atoms with E-state index in [1.54, 1.807) is 37.3 Å². The van der Waals surface area contributed by atoms with E-state index < -0.39 is 6.10 Å². The van der Waals surface area contributed by atoms with Gasteiger partial charge in [-0.05, 0) is 44.0 Å². The van der Waals surface area contributed by atoms with Gasteiger partial charge in [0, 0.05) is 13.1 Å². The highest BCUT2D eigenvalue weighted by atomic mass is 16.5. The van der Waals surface area contributed by atoms with Gasteiger partial charge in [0.05, 0.1) is 11.3 Å². The lowest BCUT2D eigenvalue weighted by atomic mass is 10.1. The lowest BCUT2D eigenvalue weighted by Crippen LogP contribution is -2.32. The molecule has 1 aliphatic heterocycles. The maximum absolute atomic E-state index is 12.7. The van der Waals surface area contributed by atoms with E-state index >= 15 is 0 Å². The molecular weight excluding hydrogens is 316 g/mol. The van der Waals surface area contributed by atoms with Crippen molar-refractivity contribution in [3.8, 4) is 5.75 Å². The number of carbonyl (C=O) groups is 2. The van der Waals surface area contributed by atoms with Gasteiger partial charge in [0.1, 0.15) is 5.75 Å². The highest BCUT2D eigenvalue weighted by Crippen LogP contribution is 2.21. The molecule has 1 fully saturated rings. The average Bonchev–Trinajstić information content (AvgIpc) is 3.17. The Morgan fingerprint density at radius 1 is 1.00 bits per heavy atom. The molecule has 0 aliphatic carbocycles. The topological polar surface area (TPSA) is 58.6 Å². The average molecular weight is 338 g/mol. The second-order valence-corrected chi connectivity index (χ2v) is 6.11. The minimum absolute atomic E-state index is 0.0370. The van der Waals surface area contributed by atoms with Crippen molar-refractivity contribution < 1.29 is 14.3 Å². The van der Waals surface area contributed by atoms with Crippen LogP contribution in [-0.2, 0) is 4.79 Å². The molecular formula is C20H22N2O3. The summed E-state index contributed by atoms with van der Waals surface area (Å²) < 4.78 is 5.64. The predicted molar refractivity (Wildman–Crippen MR) is 96.7 cm³/mol. The minimum Gasteiger partial charge on any atom is -0.481 e. The monoisotopic (exact) mass is 338 g/mol. The Labute approximate surface area is 147 Å². The van der Waals surface area contributed by atoms with Crippen LogP contribution < -0.4 is 10.1 Å². The molecule has 1 atom stereocenters. The summed E-state index contributed by atoms with van der Waals surface area (Å²) in [5, 5.41) is 2.82. The van der Waals surface area contributed by atoms with Gasteiger partial charge in [0.15, 0.2) is 6.10 Å². The van der Waals surface area contributed by atoms with Crippen LogP contribution in [0.4, 0.5) is 5.69 Å². The standard InChI is InChI=1S/C20H22N2O3/c1-15(25-16-9-3-2-4-10-16)19(23)21-18-12-6-5-11-17(18)20(24)22-13-7-8-14-22/h2-6,9-12,15H,7-8,13-14H2,1H3,(H,21,23)/t15-/m0/s1. The smallest absolute Gasteiger partial charge is 0.265 e. The van der Waals surface area contributed by atoms with Crippen LogP contribution in [0.5, 0.6) is 5.75 Å². The van der Waals surface area contributed by atoms with Crippen molar-refractivity contribution >= 4 is 17.5 Å². The van der Waals surface area contributed by atoms with E-state index in [4.69, 9.17) is 4.74 Å². The first-order valence-corrected chi connectivity index (χ1v) is 8.56. The van der Waals surface area contributed by atoms with Crippen molar-refractivity contribution in [2.75, 3.05) is 18.4 Å². The fourth-order valence-corrected chi connectivity index (χ4v) is 2.86. The molecule has 0 aromatic heterocycles. The zero-order valence-electron chi connectivity index (χ0n) is 14.3. The SMILES string of the molecule is C[C@H](Oc1ccccc1)C(=O)Nc1ccccc1C(=O)N1CCCC1. The van der Waals surface area contributed by atoms with Crippen molar-refractivity contribution in [1.82, 2.24) is 4.90 Å². The van der Waals surface area contributed by atoms with E-state index in [9.17, 15) is 9.59 Å². The molecule has 0 bridgehead atoms. The van der Waals surface area contributed by atoms with E-state index in [2.05, 4.69) is 5.32 Å². The van der Waals surface area contributed by atoms with Gasteiger partial charge in [-0.1, -0.05) is 30.3 Å². The van der Waals surface area contributed by atoms with Crippen molar-refractivity contribution in [3.05, 3.63) is 60.2 Å². The maximum atomic E-state index is 12.7. The number of benzene rings is 2. The maximum Gasteiger partial charge on any atom is 0.265 e. The highest BCUT2D eigenvalue weighted by molar-refractivity contribution is 6.04. The number of ether oxygens (including phenoxy) is 1. The lowest BCUT2D eigenvalue weighted by molar-refractivity contribution is -0.122. The van der Waals surface area contributed by atoms with Gasteiger partial charge < -0.3 is 15.0 Å². The Balaban J connectivity index is 1.69. The Kier molecular flexibility index (Phi) is 5.33. The van der Waals surface area contributed by atoms with Crippen molar-refractivity contribution in [3.63, 3.8) is 0 Å². The van der Waals surface area contributed by atoms with Gasteiger partial charge >= 0.3 is 0 Å². The van der Waals surface area contributed by atoms with Crippen LogP contribution in [0.15, 0.2) is 54.6 Å². The van der Waals surface area contributed by atoms with Crippen LogP contribution in [0.3, 0.4) is 0 Å². The fourth-order valence-electron chi connectivity index (χ4n) is 2.86. The van der Waals surface area contributed by atoms with Crippen LogP contribution >= 0.6 is 0 Å². The van der Waals surface area contributed by atoms with Crippen molar-refractivity contribution in [2.45, 2.75) is 25.9 Å². The zero-order chi connectivity index (χ0) is 17.6. The molecule has 1 saturated heterocycles. The minimum atomic E-state index is -0.669. The predicted octanol–water partition coefficient (Wildman–Crippen LogP) is 3.33. The molecule has 0 saturated carbocycles. The van der Waals surface area contributed by atoms with Gasteiger partial charge in [-0.2, -0.15) is 0 Å². The molecule has 0 radical (unpaired) electrons. The third-order valence-electron chi connectivity index (χ3n) is 4.23. The molecule has 2 aromatic carbocycles. The molecule has 1 N–H and O–H groups in total. The first kappa shape index (κ1) is 17.0. The lowest BCUT2D eigenvalue weighted by Gasteiger charge is -2.19. The molecule has 2 amide bonds. The Hall–Kier alpha value is -2.82. The highest BCUT2D eigenvalue weighted by Gasteiger charge is 2.23. The summed E-state index contributed by atoms with van der Waals surface area (Å²) in [6.45, 7) is 3.23. The first-order valence-electron chi connectivity index (χ1n) is 8.56. The van der Waals surface area contributed by atoms with Gasteiger partial charge in [-0.15, -0.1) is 0 Å². The summed E-state index contributed by atoms with van der Waals surface area (Å²) in [4.78, 5) is 26.9. The fraction of sp³-hybridized carbons (Fsp3) is 0.300. The number of amides is 2. The number of rotatable bonds is 5. The third-order valence-corrected chi connectivity index (χ3v) is 4.23. The summed E-state index contributed by atoms with van der Waals surface area (Å²) in [6.07, 6.45) is 1.39. The van der Waals surface area contributed by atoms with Gasteiger partial charge in [0.25, 0.3) is 11.8 Å². The van der Waals surface area contributed by atoms with E-state index in [-0.39, 0.29) is 11.8 Å². The normalized spacial score (nSPS) is 14.8. The molecule has 2 aromatic rings. The quantitative estimate of drug-likeness (QED) is 0.910. The molecule has 3 rings (SSSR count). The first-order chi connectivity index (χ1) is 12.1. The number of likely N-dealkylation sites (tertiary alicyclic amines) is 1. The summed E-state index contributed by atoms with van der Waals surface area (Å²) in [7, 11) is 0. The van der Waals surface area contributed by atoms with E-state index in [0.29, 0.717) is 17.0 Å². The Morgan fingerprint density at radius 2 is 1.64 bits per heavy atom. The van der Waals surface area contributed by atoms with Crippen molar-refractivity contribution in [2.24, 2.45) is 0 Å². The molecule has 0 spiro atoms. The Morgan fingerprint density at radius 3 is 2.36 bits per heavy atom. The van der Waals surface area contributed by atoms with Crippen LogP contribution in [-0.4, -0.2) is 35.9 Å². The molecule has 1 heterocycles. The number of nitrogens with zero attached hydrogens (tertiary/aromatic N) is 1. The van der Waals surface area contributed by atoms with E-state index in [1.165, 1.54) is 0 Å². The number of hydrogen-bond acceptors (Lipinski definition) is 3. The second kappa shape index (κ2) is 7.83. The second-order valence-electron chi connectivity index (χ2n) is 6.11. The van der Waals surface area contributed by atoms with E-state index in [1.807, 2.05) is 29.2 Å². The molecule has 130 valence electrons. The van der Waals surface area contributed by atoms with Gasteiger partial charge in [0.2, 0.25) is 0 Å². The number of para-hydroxylation sites is 2. The van der Waals surface area contributed by atoms with Crippen LogP contribution in [0.25, 0.3) is 0 Å². The number of nitrogens with one attached hydrogen (secondary N) is 1. The third kappa shape index (κ3) is 4.18. The van der Waals surface area contributed by atoms with Crippen LogP contribution in [0.1, 0.15) is 30.1 Å². The summed E-state index contributed by atoms with van der Waals surface area (Å²) in [5.41, 5.74) is 1.04. The number of hydrogen-bond donors (Lipinski definition) is 1. The molecule has 1 aliphatic rings. The number of anilines is 1. The summed E-state index contributed by atoms with van der Waals surface area (Å²) in [6, 6.07) is 16.3. The van der Waals surface area contributed by atoms with E-state index in [0.717, 1.165) is 25.9 Å². The summed E-state index contributed by atoms with van der Waals surface area (Å²) in [5.74, 6) is 0.308.